The monoisotopic (exact) mass is 171 g/mol. The van der Waals surface area contributed by atoms with E-state index >= 15 is 0 Å². The Morgan fingerprint density at radius 1 is 1.23 bits per heavy atom. The molecule has 1 aromatic carbocycles. The first-order valence-corrected chi connectivity index (χ1v) is 4.23. The summed E-state index contributed by atoms with van der Waals surface area (Å²) in [5, 5.41) is 8.76. The fourth-order valence-electron chi connectivity index (χ4n) is 1.71. The van der Waals surface area contributed by atoms with Gasteiger partial charge in [0.1, 0.15) is 0 Å². The Labute approximate surface area is 79.3 Å². The first-order valence-electron chi connectivity index (χ1n) is 4.23. The van der Waals surface area contributed by atoms with Gasteiger partial charge in [-0.05, 0) is 37.5 Å². The summed E-state index contributed by atoms with van der Waals surface area (Å²) < 4.78 is 0. The van der Waals surface area contributed by atoms with Gasteiger partial charge in [-0.15, -0.1) is 0 Å². The first kappa shape index (κ1) is 9.54. The molecule has 0 spiro atoms. The van der Waals surface area contributed by atoms with Crippen molar-refractivity contribution in [1.82, 2.24) is 0 Å². The minimum absolute atomic E-state index is 0.551. The van der Waals surface area contributed by atoms with Crippen molar-refractivity contribution in [3.63, 3.8) is 0 Å². The van der Waals surface area contributed by atoms with Gasteiger partial charge in [0, 0.05) is 0 Å². The Balaban J connectivity index is 3.39. The van der Waals surface area contributed by atoms with Crippen LogP contribution >= 0.6 is 0 Å². The molecule has 0 bridgehead atoms. The van der Waals surface area contributed by atoms with Crippen molar-refractivity contribution in [2.75, 3.05) is 0 Å². The molecular formula is C12H13N. The number of aryl methyl sites for hydroxylation is 3. The number of rotatable bonds is 1. The second-order valence-electron chi connectivity index (χ2n) is 3.36. The third kappa shape index (κ3) is 1.78. The molecule has 0 unspecified atom stereocenters. The zero-order valence-electron chi connectivity index (χ0n) is 8.31. The molecule has 0 fully saturated rings. The van der Waals surface area contributed by atoms with Crippen LogP contribution in [0.4, 0.5) is 0 Å². The molecule has 0 radical (unpaired) electrons. The molecule has 66 valence electrons. The van der Waals surface area contributed by atoms with E-state index in [2.05, 4.69) is 31.7 Å². The van der Waals surface area contributed by atoms with Gasteiger partial charge in [-0.2, -0.15) is 5.26 Å². The molecule has 0 aliphatic rings. The third-order valence-electron chi connectivity index (χ3n) is 2.11. The van der Waals surface area contributed by atoms with Gasteiger partial charge >= 0.3 is 0 Å². The summed E-state index contributed by atoms with van der Waals surface area (Å²) in [6.45, 7) is 9.81. The van der Waals surface area contributed by atoms with Crippen LogP contribution in [-0.2, 0) is 0 Å². The highest BCUT2D eigenvalue weighted by Gasteiger charge is 2.06. The minimum atomic E-state index is 0.551. The molecule has 0 heterocycles. The summed E-state index contributed by atoms with van der Waals surface area (Å²) in [4.78, 5) is 0. The fourth-order valence-corrected chi connectivity index (χ4v) is 1.71. The Bertz CT molecular complexity index is 371. The van der Waals surface area contributed by atoms with Crippen LogP contribution in [-0.4, -0.2) is 0 Å². The zero-order valence-corrected chi connectivity index (χ0v) is 8.31. The van der Waals surface area contributed by atoms with E-state index in [-0.39, 0.29) is 0 Å². The van der Waals surface area contributed by atoms with E-state index in [9.17, 15) is 0 Å². The quantitative estimate of drug-likeness (QED) is 0.595. The maximum Gasteiger partial charge on any atom is 0.0991 e. The lowest BCUT2D eigenvalue weighted by Gasteiger charge is -2.08. The second-order valence-corrected chi connectivity index (χ2v) is 3.36. The lowest BCUT2D eigenvalue weighted by Crippen LogP contribution is -1.92. The van der Waals surface area contributed by atoms with Crippen LogP contribution in [0, 0.1) is 32.1 Å². The summed E-state index contributed by atoms with van der Waals surface area (Å²) in [5.41, 5.74) is 5.03. The van der Waals surface area contributed by atoms with Gasteiger partial charge in [0.25, 0.3) is 0 Å². The Morgan fingerprint density at radius 2 is 1.69 bits per heavy atom. The summed E-state index contributed by atoms with van der Waals surface area (Å²) in [6.07, 6.45) is 0. The van der Waals surface area contributed by atoms with Crippen LogP contribution < -0.4 is 0 Å². The molecule has 0 aliphatic heterocycles. The SMILES string of the molecule is C=C(C#N)c1c(C)cc(C)cc1C. The molecule has 0 amide bonds. The molecule has 0 atom stereocenters. The van der Waals surface area contributed by atoms with Gasteiger partial charge in [0.2, 0.25) is 0 Å². The van der Waals surface area contributed by atoms with E-state index < -0.39 is 0 Å². The van der Waals surface area contributed by atoms with E-state index in [0.29, 0.717) is 5.57 Å². The van der Waals surface area contributed by atoms with Crippen molar-refractivity contribution in [2.45, 2.75) is 20.8 Å². The Kier molecular flexibility index (Phi) is 2.53. The standard InChI is InChI=1S/C12H13N/c1-8-5-9(2)12(10(3)6-8)11(4)7-13/h5-6H,4H2,1-3H3. The number of nitriles is 1. The summed E-state index contributed by atoms with van der Waals surface area (Å²) >= 11 is 0. The van der Waals surface area contributed by atoms with Crippen molar-refractivity contribution in [1.29, 1.82) is 5.26 Å². The molecule has 1 heteroatoms. The van der Waals surface area contributed by atoms with Crippen LogP contribution in [0.2, 0.25) is 0 Å². The zero-order chi connectivity index (χ0) is 10.0. The normalized spacial score (nSPS) is 9.38. The second kappa shape index (κ2) is 3.45. The predicted molar refractivity (Wildman–Crippen MR) is 55.3 cm³/mol. The number of hydrogen-bond donors (Lipinski definition) is 0. The van der Waals surface area contributed by atoms with Crippen LogP contribution in [0.1, 0.15) is 22.3 Å². The molecular weight excluding hydrogens is 158 g/mol. The highest BCUT2D eigenvalue weighted by molar-refractivity contribution is 5.78. The number of allylic oxidation sites excluding steroid dienone is 1. The highest BCUT2D eigenvalue weighted by Crippen LogP contribution is 2.22. The van der Waals surface area contributed by atoms with E-state index in [1.165, 1.54) is 5.56 Å². The molecule has 0 N–H and O–H groups in total. The maximum absolute atomic E-state index is 8.76. The van der Waals surface area contributed by atoms with Crippen molar-refractivity contribution in [2.24, 2.45) is 0 Å². The fraction of sp³-hybridized carbons (Fsp3) is 0.250. The molecule has 0 aromatic heterocycles. The van der Waals surface area contributed by atoms with Crippen molar-refractivity contribution in [3.05, 3.63) is 41.0 Å². The van der Waals surface area contributed by atoms with Gasteiger partial charge in [-0.1, -0.05) is 24.3 Å². The van der Waals surface area contributed by atoms with Crippen LogP contribution in [0.25, 0.3) is 5.57 Å². The average molecular weight is 171 g/mol. The molecule has 1 nitrogen and oxygen atoms in total. The lowest BCUT2D eigenvalue weighted by atomic mass is 9.95. The highest BCUT2D eigenvalue weighted by atomic mass is 14.2. The maximum atomic E-state index is 8.76. The topological polar surface area (TPSA) is 23.8 Å². The summed E-state index contributed by atoms with van der Waals surface area (Å²) in [7, 11) is 0. The smallest absolute Gasteiger partial charge is 0.0991 e. The van der Waals surface area contributed by atoms with Gasteiger partial charge in [0.15, 0.2) is 0 Å². The lowest BCUT2D eigenvalue weighted by molar-refractivity contribution is 1.29. The van der Waals surface area contributed by atoms with Gasteiger partial charge in [0.05, 0.1) is 11.6 Å². The van der Waals surface area contributed by atoms with Crippen molar-refractivity contribution in [3.8, 4) is 6.07 Å². The number of nitrogens with zero attached hydrogens (tertiary/aromatic N) is 1. The Hall–Kier alpha value is -1.55. The minimum Gasteiger partial charge on any atom is -0.192 e. The van der Waals surface area contributed by atoms with E-state index in [1.807, 2.05) is 13.8 Å². The van der Waals surface area contributed by atoms with Crippen molar-refractivity contribution >= 4 is 5.57 Å². The summed E-state index contributed by atoms with van der Waals surface area (Å²) in [6, 6.07) is 6.24. The average Bonchev–Trinajstić information content (AvgIpc) is 2.02. The number of hydrogen-bond acceptors (Lipinski definition) is 1. The number of benzene rings is 1. The predicted octanol–water partition coefficient (Wildman–Crippen LogP) is 3.15. The largest absolute Gasteiger partial charge is 0.192 e. The molecule has 13 heavy (non-hydrogen) atoms. The van der Waals surface area contributed by atoms with E-state index in [0.717, 1.165) is 16.7 Å². The van der Waals surface area contributed by atoms with E-state index in [4.69, 9.17) is 5.26 Å². The van der Waals surface area contributed by atoms with Gasteiger partial charge < -0.3 is 0 Å². The van der Waals surface area contributed by atoms with Gasteiger partial charge in [-0.3, -0.25) is 0 Å². The first-order chi connectivity index (χ1) is 6.06. The Morgan fingerprint density at radius 3 is 2.08 bits per heavy atom. The molecule has 1 rings (SSSR count). The van der Waals surface area contributed by atoms with Crippen LogP contribution in [0.15, 0.2) is 18.7 Å². The third-order valence-corrected chi connectivity index (χ3v) is 2.11. The molecule has 0 saturated carbocycles. The molecule has 0 aliphatic carbocycles. The van der Waals surface area contributed by atoms with E-state index in [1.54, 1.807) is 0 Å². The van der Waals surface area contributed by atoms with Crippen LogP contribution in [0.3, 0.4) is 0 Å². The molecule has 0 saturated heterocycles. The van der Waals surface area contributed by atoms with Crippen LogP contribution in [0.5, 0.6) is 0 Å². The molecule has 1 aromatic rings. The van der Waals surface area contributed by atoms with Gasteiger partial charge in [-0.25, -0.2) is 0 Å². The summed E-state index contributed by atoms with van der Waals surface area (Å²) in [5.74, 6) is 0. The van der Waals surface area contributed by atoms with Crippen molar-refractivity contribution < 1.29 is 0 Å².